The van der Waals surface area contributed by atoms with E-state index in [9.17, 15) is 0 Å². The van der Waals surface area contributed by atoms with Gasteiger partial charge in [0, 0.05) is 43.9 Å². The highest BCUT2D eigenvalue weighted by Crippen LogP contribution is 2.38. The van der Waals surface area contributed by atoms with E-state index < -0.39 is 0 Å². The Morgan fingerprint density at radius 2 is 2.00 bits per heavy atom. The number of hydrogen-bond donors (Lipinski definition) is 2. The normalized spacial score (nSPS) is 16.3. The molecule has 1 saturated heterocycles. The van der Waals surface area contributed by atoms with E-state index in [1.165, 1.54) is 11.1 Å². The van der Waals surface area contributed by atoms with Crippen LogP contribution in [-0.2, 0) is 12.5 Å². The van der Waals surface area contributed by atoms with Gasteiger partial charge in [0.2, 0.25) is 0 Å². The number of aromatic amines is 1. The Balaban J connectivity index is 1.43. The number of likely N-dealkylation sites (N-methyl/N-ethyl adjacent to an activating group) is 1. The summed E-state index contributed by atoms with van der Waals surface area (Å²) in [5, 5.41) is 7.77. The lowest BCUT2D eigenvalue weighted by molar-refractivity contribution is 0.321. The average Bonchev–Trinajstić information content (AvgIpc) is 3.43. The minimum Gasteiger partial charge on any atom is -0.355 e. The van der Waals surface area contributed by atoms with E-state index in [4.69, 9.17) is 0 Å². The van der Waals surface area contributed by atoms with Gasteiger partial charge < -0.3 is 15.2 Å². The highest BCUT2D eigenvalue weighted by Gasteiger charge is 2.36. The van der Waals surface area contributed by atoms with Crippen molar-refractivity contribution in [2.45, 2.75) is 18.3 Å². The number of hydrogen-bond acceptors (Lipinski definition) is 6. The van der Waals surface area contributed by atoms with Gasteiger partial charge in [-0.05, 0) is 31.0 Å². The third-order valence-electron chi connectivity index (χ3n) is 6.25. The van der Waals surface area contributed by atoms with Crippen molar-refractivity contribution in [3.8, 4) is 11.1 Å². The van der Waals surface area contributed by atoms with E-state index >= 15 is 0 Å². The Bertz CT molecular complexity index is 1150. The lowest BCUT2D eigenvalue weighted by Crippen LogP contribution is -2.47. The predicted molar refractivity (Wildman–Crippen MR) is 117 cm³/mol. The fourth-order valence-corrected chi connectivity index (χ4v) is 4.64. The molecule has 0 radical (unpaired) electrons. The first-order valence-corrected chi connectivity index (χ1v) is 10.3. The van der Waals surface area contributed by atoms with Gasteiger partial charge in [-0.15, -0.1) is 0 Å². The summed E-state index contributed by atoms with van der Waals surface area (Å²) in [7, 11) is 3.99. The Morgan fingerprint density at radius 1 is 1.13 bits per heavy atom. The van der Waals surface area contributed by atoms with Crippen LogP contribution in [-0.4, -0.2) is 56.4 Å². The molecule has 154 valence electrons. The topological polar surface area (TPSA) is 87.6 Å². The van der Waals surface area contributed by atoms with Crippen molar-refractivity contribution in [3.63, 3.8) is 0 Å². The summed E-state index contributed by atoms with van der Waals surface area (Å²) >= 11 is 0. The number of aromatic nitrogens is 6. The van der Waals surface area contributed by atoms with Crippen molar-refractivity contribution in [1.82, 2.24) is 35.0 Å². The van der Waals surface area contributed by atoms with Gasteiger partial charge >= 0.3 is 0 Å². The average molecular weight is 403 g/mol. The number of anilines is 1. The van der Waals surface area contributed by atoms with Crippen molar-refractivity contribution in [2.75, 3.05) is 31.6 Å². The van der Waals surface area contributed by atoms with Crippen molar-refractivity contribution in [3.05, 3.63) is 54.9 Å². The van der Waals surface area contributed by atoms with Crippen LogP contribution in [0.25, 0.3) is 22.3 Å². The number of imidazole rings is 1. The van der Waals surface area contributed by atoms with Crippen LogP contribution in [0.3, 0.4) is 0 Å². The molecule has 0 spiro atoms. The summed E-state index contributed by atoms with van der Waals surface area (Å²) in [4.78, 5) is 18.6. The Labute approximate surface area is 175 Å². The lowest BCUT2D eigenvalue weighted by atomic mass is 9.72. The van der Waals surface area contributed by atoms with Gasteiger partial charge in [-0.2, -0.15) is 5.10 Å². The Kier molecular flexibility index (Phi) is 4.71. The second kappa shape index (κ2) is 7.53. The zero-order valence-electron chi connectivity index (χ0n) is 17.3. The minimum atomic E-state index is 0.0869. The lowest BCUT2D eigenvalue weighted by Gasteiger charge is -2.43. The van der Waals surface area contributed by atoms with Gasteiger partial charge in [0.1, 0.15) is 11.8 Å². The third kappa shape index (κ3) is 3.23. The first kappa shape index (κ1) is 18.7. The third-order valence-corrected chi connectivity index (χ3v) is 6.25. The molecule has 1 aromatic carbocycles. The van der Waals surface area contributed by atoms with Crippen molar-refractivity contribution in [1.29, 1.82) is 0 Å². The summed E-state index contributed by atoms with van der Waals surface area (Å²) < 4.78 is 1.85. The molecule has 1 fully saturated rings. The quantitative estimate of drug-likeness (QED) is 0.533. The number of benzene rings is 1. The molecule has 0 atom stereocenters. The van der Waals surface area contributed by atoms with Crippen LogP contribution in [0.2, 0.25) is 0 Å². The predicted octanol–water partition coefficient (Wildman–Crippen LogP) is 2.51. The highest BCUT2D eigenvalue weighted by molar-refractivity contribution is 5.82. The van der Waals surface area contributed by atoms with E-state index in [0.717, 1.165) is 55.0 Å². The molecule has 2 N–H and O–H groups in total. The first-order chi connectivity index (χ1) is 14.7. The van der Waals surface area contributed by atoms with Crippen LogP contribution in [0.15, 0.2) is 49.3 Å². The second-order valence-electron chi connectivity index (χ2n) is 8.08. The van der Waals surface area contributed by atoms with Gasteiger partial charge in [0.15, 0.2) is 11.5 Å². The summed E-state index contributed by atoms with van der Waals surface area (Å²) in [5.41, 5.74) is 5.47. The minimum absolute atomic E-state index is 0.0869. The molecule has 0 bridgehead atoms. The van der Waals surface area contributed by atoms with Gasteiger partial charge in [-0.3, -0.25) is 4.68 Å². The monoisotopic (exact) mass is 402 g/mol. The zero-order valence-corrected chi connectivity index (χ0v) is 17.3. The van der Waals surface area contributed by atoms with Crippen molar-refractivity contribution >= 4 is 17.0 Å². The maximum absolute atomic E-state index is 4.54. The van der Waals surface area contributed by atoms with Gasteiger partial charge in [-0.25, -0.2) is 15.0 Å². The van der Waals surface area contributed by atoms with Gasteiger partial charge in [0.05, 0.1) is 12.5 Å². The molecule has 4 heterocycles. The first-order valence-electron chi connectivity index (χ1n) is 10.3. The van der Waals surface area contributed by atoms with E-state index in [1.807, 2.05) is 25.0 Å². The molecular weight excluding hydrogens is 376 g/mol. The summed E-state index contributed by atoms with van der Waals surface area (Å²) in [6.45, 7) is 2.81. The van der Waals surface area contributed by atoms with Crippen LogP contribution >= 0.6 is 0 Å². The summed E-state index contributed by atoms with van der Waals surface area (Å²) in [5.74, 6) is 0.944. The number of aryl methyl sites for hydroxylation is 1. The molecule has 4 aromatic rings. The number of piperidine rings is 1. The SMILES string of the molecule is CNCC1(c2cccc(-c3cnn(C)c3)c2)CCN(c2ncnc3nc[nH]c23)CC1. The molecule has 0 unspecified atom stereocenters. The summed E-state index contributed by atoms with van der Waals surface area (Å²) in [6, 6.07) is 8.94. The zero-order chi connectivity index (χ0) is 20.6. The maximum Gasteiger partial charge on any atom is 0.182 e. The van der Waals surface area contributed by atoms with Crippen LogP contribution in [0.4, 0.5) is 5.82 Å². The Hall–Kier alpha value is -3.26. The number of nitrogens with zero attached hydrogens (tertiary/aromatic N) is 6. The van der Waals surface area contributed by atoms with Crippen molar-refractivity contribution in [2.24, 2.45) is 7.05 Å². The van der Waals surface area contributed by atoms with Gasteiger partial charge in [0.25, 0.3) is 0 Å². The van der Waals surface area contributed by atoms with E-state index in [-0.39, 0.29) is 5.41 Å². The smallest absolute Gasteiger partial charge is 0.182 e. The maximum atomic E-state index is 4.54. The molecule has 0 amide bonds. The largest absolute Gasteiger partial charge is 0.355 e. The van der Waals surface area contributed by atoms with Crippen LogP contribution in [0.1, 0.15) is 18.4 Å². The summed E-state index contributed by atoms with van der Waals surface area (Å²) in [6.07, 6.45) is 9.37. The van der Waals surface area contributed by atoms with Crippen LogP contribution in [0, 0.1) is 0 Å². The standard InChI is InChI=1S/C22H26N8/c1-23-13-22(18-5-3-4-16(10-18)17-11-28-29(2)12-17)6-8-30(9-7-22)21-19-20(25-14-24-19)26-15-27-21/h3-5,10-12,14-15,23H,6-9,13H2,1-2H3,(H,24,25,26,27). The number of H-pyrrole nitrogens is 1. The second-order valence-corrected chi connectivity index (χ2v) is 8.08. The molecule has 8 heteroatoms. The molecule has 0 aliphatic carbocycles. The fourth-order valence-electron chi connectivity index (χ4n) is 4.64. The van der Waals surface area contributed by atoms with E-state index in [2.05, 4.69) is 65.7 Å². The molecule has 1 aliphatic rings. The van der Waals surface area contributed by atoms with E-state index in [0.29, 0.717) is 0 Å². The fraction of sp³-hybridized carbons (Fsp3) is 0.364. The highest BCUT2D eigenvalue weighted by atomic mass is 15.2. The Morgan fingerprint density at radius 3 is 2.77 bits per heavy atom. The molecule has 5 rings (SSSR count). The van der Waals surface area contributed by atoms with Gasteiger partial charge in [-0.1, -0.05) is 24.3 Å². The van der Waals surface area contributed by atoms with Crippen molar-refractivity contribution < 1.29 is 0 Å². The molecule has 30 heavy (non-hydrogen) atoms. The molecule has 8 nitrogen and oxygen atoms in total. The molecule has 3 aromatic heterocycles. The van der Waals surface area contributed by atoms with Crippen LogP contribution < -0.4 is 10.2 Å². The molecular formula is C22H26N8. The molecule has 1 aliphatic heterocycles. The molecule has 0 saturated carbocycles. The van der Waals surface area contributed by atoms with E-state index in [1.54, 1.807) is 12.7 Å². The number of rotatable bonds is 5. The number of fused-ring (bicyclic) bond motifs is 1. The number of nitrogens with one attached hydrogen (secondary N) is 2. The van der Waals surface area contributed by atoms with Crippen LogP contribution in [0.5, 0.6) is 0 Å².